The Labute approximate surface area is 108 Å². The molecule has 4 heteroatoms. The maximum atomic E-state index is 10.9. The quantitative estimate of drug-likeness (QED) is 0.895. The van der Waals surface area contributed by atoms with Crippen LogP contribution in [0.1, 0.15) is 45.2 Å². The molecule has 0 spiro atoms. The third kappa shape index (κ3) is 2.48. The molecule has 0 amide bonds. The van der Waals surface area contributed by atoms with Crippen LogP contribution in [0.4, 0.5) is 0 Å². The van der Waals surface area contributed by atoms with Crippen LogP contribution in [0.3, 0.4) is 0 Å². The molecule has 0 saturated heterocycles. The first-order chi connectivity index (χ1) is 8.57. The van der Waals surface area contributed by atoms with E-state index in [2.05, 4.69) is 23.8 Å². The lowest BCUT2D eigenvalue weighted by atomic mass is 9.72. The smallest absolute Gasteiger partial charge is 0.238 e. The van der Waals surface area contributed by atoms with Crippen LogP contribution in [0.15, 0.2) is 12.4 Å². The van der Waals surface area contributed by atoms with Crippen molar-refractivity contribution in [1.29, 1.82) is 0 Å². The highest BCUT2D eigenvalue weighted by molar-refractivity contribution is 5.25. The topological polar surface area (TPSA) is 55.2 Å². The maximum absolute atomic E-state index is 10.9. The summed E-state index contributed by atoms with van der Waals surface area (Å²) in [5, 5.41) is 10.9. The van der Waals surface area contributed by atoms with E-state index in [1.54, 1.807) is 19.5 Å². The zero-order valence-corrected chi connectivity index (χ0v) is 11.4. The molecule has 1 heterocycles. The summed E-state index contributed by atoms with van der Waals surface area (Å²) >= 11 is 0. The predicted octanol–water partition coefficient (Wildman–Crippen LogP) is 2.52. The molecule has 1 aromatic heterocycles. The van der Waals surface area contributed by atoms with Crippen molar-refractivity contribution in [2.75, 3.05) is 7.11 Å². The molecule has 1 aliphatic carbocycles. The first-order valence-electron chi connectivity index (χ1n) is 6.64. The van der Waals surface area contributed by atoms with Crippen molar-refractivity contribution in [3.63, 3.8) is 0 Å². The van der Waals surface area contributed by atoms with Gasteiger partial charge in [-0.25, -0.2) is 4.98 Å². The summed E-state index contributed by atoms with van der Waals surface area (Å²) in [4.78, 5) is 8.44. The van der Waals surface area contributed by atoms with Gasteiger partial charge in [0.25, 0.3) is 0 Å². The van der Waals surface area contributed by atoms with Crippen LogP contribution >= 0.6 is 0 Å². The summed E-state index contributed by atoms with van der Waals surface area (Å²) in [6, 6.07) is 0. The van der Waals surface area contributed by atoms with Crippen molar-refractivity contribution in [2.45, 2.75) is 45.1 Å². The minimum Gasteiger partial charge on any atom is -0.480 e. The van der Waals surface area contributed by atoms with Gasteiger partial charge in [-0.2, -0.15) is 0 Å². The van der Waals surface area contributed by atoms with E-state index < -0.39 is 5.60 Å². The van der Waals surface area contributed by atoms with Gasteiger partial charge >= 0.3 is 0 Å². The van der Waals surface area contributed by atoms with Crippen molar-refractivity contribution < 1.29 is 9.84 Å². The summed E-state index contributed by atoms with van der Waals surface area (Å²) in [5.41, 5.74) is -0.287. The molecule has 2 rings (SSSR count). The van der Waals surface area contributed by atoms with Crippen LogP contribution in [0.2, 0.25) is 0 Å². The zero-order valence-electron chi connectivity index (χ0n) is 11.4. The molecule has 1 aliphatic rings. The predicted molar refractivity (Wildman–Crippen MR) is 69.3 cm³/mol. The Morgan fingerprint density at radius 2 is 2.11 bits per heavy atom. The van der Waals surface area contributed by atoms with Crippen molar-refractivity contribution in [2.24, 2.45) is 11.8 Å². The Morgan fingerprint density at radius 1 is 1.39 bits per heavy atom. The van der Waals surface area contributed by atoms with E-state index in [0.717, 1.165) is 19.3 Å². The molecule has 0 bridgehead atoms. The van der Waals surface area contributed by atoms with E-state index in [1.807, 2.05) is 0 Å². The maximum Gasteiger partial charge on any atom is 0.238 e. The second-order valence-corrected chi connectivity index (χ2v) is 5.55. The summed E-state index contributed by atoms with van der Waals surface area (Å²) < 4.78 is 5.23. The van der Waals surface area contributed by atoms with E-state index in [9.17, 15) is 5.11 Å². The zero-order chi connectivity index (χ0) is 13.2. The number of nitrogens with zero attached hydrogens (tertiary/aromatic N) is 2. The Kier molecular flexibility index (Phi) is 3.85. The number of aliphatic hydroxyl groups is 1. The lowest BCUT2D eigenvalue weighted by Gasteiger charge is -2.38. The number of hydrogen-bond acceptors (Lipinski definition) is 4. The lowest BCUT2D eigenvalue weighted by molar-refractivity contribution is -0.0351. The van der Waals surface area contributed by atoms with Gasteiger partial charge in [0, 0.05) is 12.4 Å². The van der Waals surface area contributed by atoms with Gasteiger partial charge in [0.2, 0.25) is 5.88 Å². The number of methoxy groups -OCH3 is 1. The van der Waals surface area contributed by atoms with E-state index in [0.29, 0.717) is 23.4 Å². The molecule has 4 nitrogen and oxygen atoms in total. The fraction of sp³-hybridized carbons (Fsp3) is 0.714. The van der Waals surface area contributed by atoms with Crippen molar-refractivity contribution in [3.05, 3.63) is 18.1 Å². The minimum atomic E-state index is -0.882. The molecular weight excluding hydrogens is 228 g/mol. The van der Waals surface area contributed by atoms with Gasteiger partial charge in [-0.15, -0.1) is 0 Å². The van der Waals surface area contributed by atoms with Crippen LogP contribution in [-0.2, 0) is 5.60 Å². The van der Waals surface area contributed by atoms with Crippen molar-refractivity contribution >= 4 is 0 Å². The lowest BCUT2D eigenvalue weighted by Crippen LogP contribution is -2.35. The number of rotatable bonds is 3. The Hall–Kier alpha value is -1.16. The first-order valence-corrected chi connectivity index (χ1v) is 6.64. The fourth-order valence-corrected chi connectivity index (χ4v) is 2.87. The molecular formula is C14H22N2O2. The van der Waals surface area contributed by atoms with Crippen LogP contribution in [0.25, 0.3) is 0 Å². The molecule has 1 N–H and O–H groups in total. The van der Waals surface area contributed by atoms with Gasteiger partial charge in [0.15, 0.2) is 0 Å². The number of ether oxygens (including phenoxy) is 1. The Morgan fingerprint density at radius 3 is 2.78 bits per heavy atom. The van der Waals surface area contributed by atoms with Gasteiger partial charge in [-0.3, -0.25) is 4.98 Å². The molecule has 2 unspecified atom stereocenters. The number of aromatic nitrogens is 2. The number of hydrogen-bond donors (Lipinski definition) is 1. The monoisotopic (exact) mass is 250 g/mol. The summed E-state index contributed by atoms with van der Waals surface area (Å²) in [5.74, 6) is 1.57. The van der Waals surface area contributed by atoms with Gasteiger partial charge < -0.3 is 9.84 Å². The summed E-state index contributed by atoms with van der Waals surface area (Å²) in [7, 11) is 1.57. The van der Waals surface area contributed by atoms with Crippen LogP contribution in [0, 0.1) is 11.8 Å². The highest BCUT2D eigenvalue weighted by Gasteiger charge is 2.40. The van der Waals surface area contributed by atoms with Crippen LogP contribution in [0.5, 0.6) is 5.88 Å². The third-order valence-corrected chi connectivity index (χ3v) is 4.01. The van der Waals surface area contributed by atoms with Gasteiger partial charge in [0.05, 0.1) is 7.11 Å². The van der Waals surface area contributed by atoms with E-state index in [-0.39, 0.29) is 0 Å². The van der Waals surface area contributed by atoms with Crippen molar-refractivity contribution in [1.82, 2.24) is 9.97 Å². The van der Waals surface area contributed by atoms with E-state index >= 15 is 0 Å². The van der Waals surface area contributed by atoms with Crippen LogP contribution < -0.4 is 4.74 Å². The van der Waals surface area contributed by atoms with Gasteiger partial charge in [-0.1, -0.05) is 13.8 Å². The highest BCUT2D eigenvalue weighted by atomic mass is 16.5. The molecule has 18 heavy (non-hydrogen) atoms. The molecule has 1 aromatic rings. The second kappa shape index (κ2) is 5.22. The normalized spacial score (nSPS) is 28.4. The molecule has 0 aliphatic heterocycles. The standard InChI is InChI=1S/C14H22N2O2/c1-10(2)11-5-4-6-14(17,9-11)12-13(18-3)16-8-7-15-12/h7-8,10-11,17H,4-6,9H2,1-3H3. The summed E-state index contributed by atoms with van der Waals surface area (Å²) in [6.07, 6.45) is 6.91. The van der Waals surface area contributed by atoms with E-state index in [4.69, 9.17) is 4.74 Å². The molecule has 100 valence electrons. The second-order valence-electron chi connectivity index (χ2n) is 5.55. The average Bonchev–Trinajstić information content (AvgIpc) is 2.38. The molecule has 1 saturated carbocycles. The molecule has 0 radical (unpaired) electrons. The van der Waals surface area contributed by atoms with Crippen molar-refractivity contribution in [3.8, 4) is 5.88 Å². The van der Waals surface area contributed by atoms with Crippen LogP contribution in [-0.4, -0.2) is 22.2 Å². The summed E-state index contributed by atoms with van der Waals surface area (Å²) in [6.45, 7) is 4.43. The SMILES string of the molecule is COc1nccnc1C1(O)CCCC(C(C)C)C1. The molecule has 1 fully saturated rings. The molecule has 2 atom stereocenters. The molecule has 0 aromatic carbocycles. The Bertz CT molecular complexity index is 409. The first kappa shape index (κ1) is 13.3. The minimum absolute atomic E-state index is 0.449. The fourth-order valence-electron chi connectivity index (χ4n) is 2.87. The van der Waals surface area contributed by atoms with Gasteiger partial charge in [0.1, 0.15) is 11.3 Å². The average molecular weight is 250 g/mol. The largest absolute Gasteiger partial charge is 0.480 e. The Balaban J connectivity index is 2.29. The highest BCUT2D eigenvalue weighted by Crippen LogP contribution is 2.43. The van der Waals surface area contributed by atoms with Gasteiger partial charge in [-0.05, 0) is 37.5 Å². The van der Waals surface area contributed by atoms with E-state index in [1.165, 1.54) is 6.42 Å². The third-order valence-electron chi connectivity index (χ3n) is 4.01.